The zero-order chi connectivity index (χ0) is 15.2. The van der Waals surface area contributed by atoms with Crippen LogP contribution in [0, 0.1) is 0 Å². The molecule has 5 heteroatoms. The van der Waals surface area contributed by atoms with E-state index < -0.39 is 6.10 Å². The molecule has 110 valence electrons. The van der Waals surface area contributed by atoms with Crippen molar-refractivity contribution < 1.29 is 9.53 Å². The van der Waals surface area contributed by atoms with Crippen molar-refractivity contribution in [2.45, 2.75) is 26.0 Å². The summed E-state index contributed by atoms with van der Waals surface area (Å²) >= 11 is 5.88. The Morgan fingerprint density at radius 1 is 1.29 bits per heavy atom. The van der Waals surface area contributed by atoms with Gasteiger partial charge in [-0.2, -0.15) is 0 Å². The lowest BCUT2D eigenvalue weighted by Gasteiger charge is -2.18. The van der Waals surface area contributed by atoms with Gasteiger partial charge in [-0.25, -0.2) is 0 Å². The average Bonchev–Trinajstić information content (AvgIpc) is 2.48. The van der Waals surface area contributed by atoms with Gasteiger partial charge < -0.3 is 10.1 Å². The summed E-state index contributed by atoms with van der Waals surface area (Å²) in [6.45, 7) is 3.60. The van der Waals surface area contributed by atoms with Crippen molar-refractivity contribution in [1.29, 1.82) is 0 Å². The molecule has 1 N–H and O–H groups in total. The van der Waals surface area contributed by atoms with Crippen LogP contribution in [0.2, 0.25) is 5.02 Å². The second-order valence-electron chi connectivity index (χ2n) is 4.73. The molecule has 0 bridgehead atoms. The monoisotopic (exact) mass is 304 g/mol. The third-order valence-corrected chi connectivity index (χ3v) is 3.26. The Hall–Kier alpha value is -2.07. The highest BCUT2D eigenvalue weighted by Gasteiger charge is 2.17. The van der Waals surface area contributed by atoms with E-state index in [9.17, 15) is 4.79 Å². The molecule has 2 unspecified atom stereocenters. The first-order valence-corrected chi connectivity index (χ1v) is 7.06. The van der Waals surface area contributed by atoms with Crippen LogP contribution >= 0.6 is 11.6 Å². The van der Waals surface area contributed by atoms with Crippen molar-refractivity contribution in [2.75, 3.05) is 0 Å². The van der Waals surface area contributed by atoms with Gasteiger partial charge in [-0.1, -0.05) is 23.7 Å². The highest BCUT2D eigenvalue weighted by atomic mass is 35.5. The van der Waals surface area contributed by atoms with Crippen molar-refractivity contribution in [3.63, 3.8) is 0 Å². The number of amides is 1. The molecule has 0 aliphatic rings. The molecule has 1 aromatic heterocycles. The summed E-state index contributed by atoms with van der Waals surface area (Å²) in [5.74, 6) is 0.380. The molecule has 4 nitrogen and oxygen atoms in total. The maximum atomic E-state index is 12.1. The van der Waals surface area contributed by atoms with Crippen LogP contribution in [-0.4, -0.2) is 17.0 Å². The maximum absolute atomic E-state index is 12.1. The fourth-order valence-electron chi connectivity index (χ4n) is 1.84. The molecule has 0 fully saturated rings. The van der Waals surface area contributed by atoms with E-state index >= 15 is 0 Å². The number of carbonyl (C=O) groups is 1. The second-order valence-corrected chi connectivity index (χ2v) is 5.17. The molecule has 2 atom stereocenters. The van der Waals surface area contributed by atoms with Crippen LogP contribution in [-0.2, 0) is 4.79 Å². The molecule has 1 heterocycles. The van der Waals surface area contributed by atoms with E-state index in [1.807, 2.05) is 19.1 Å². The molecule has 21 heavy (non-hydrogen) atoms. The number of ether oxygens (including phenoxy) is 1. The number of hydrogen-bond acceptors (Lipinski definition) is 3. The lowest BCUT2D eigenvalue weighted by Crippen LogP contribution is -2.37. The Morgan fingerprint density at radius 2 is 2.10 bits per heavy atom. The summed E-state index contributed by atoms with van der Waals surface area (Å²) < 4.78 is 5.58. The molecule has 1 aromatic carbocycles. The van der Waals surface area contributed by atoms with E-state index in [0.717, 1.165) is 5.56 Å². The minimum atomic E-state index is -0.609. The number of hydrogen-bond donors (Lipinski definition) is 1. The summed E-state index contributed by atoms with van der Waals surface area (Å²) in [5.41, 5.74) is 0.945. The minimum Gasteiger partial charge on any atom is -0.481 e. The second kappa shape index (κ2) is 7.09. The quantitative estimate of drug-likeness (QED) is 0.921. The first-order chi connectivity index (χ1) is 10.1. The zero-order valence-electron chi connectivity index (χ0n) is 11.9. The Bertz CT molecular complexity index is 604. The molecule has 0 radical (unpaired) electrons. The van der Waals surface area contributed by atoms with Gasteiger partial charge in [-0.15, -0.1) is 0 Å². The molecule has 0 aliphatic carbocycles. The van der Waals surface area contributed by atoms with E-state index in [1.165, 1.54) is 0 Å². The van der Waals surface area contributed by atoms with Crippen molar-refractivity contribution >= 4 is 17.5 Å². The van der Waals surface area contributed by atoms with Gasteiger partial charge >= 0.3 is 0 Å². The zero-order valence-corrected chi connectivity index (χ0v) is 12.7. The first-order valence-electron chi connectivity index (χ1n) is 6.69. The van der Waals surface area contributed by atoms with Gasteiger partial charge in [0, 0.05) is 17.4 Å². The van der Waals surface area contributed by atoms with Gasteiger partial charge in [0.25, 0.3) is 5.91 Å². The molecule has 0 saturated heterocycles. The number of carbonyl (C=O) groups excluding carboxylic acids is 1. The van der Waals surface area contributed by atoms with Gasteiger partial charge in [0.1, 0.15) is 5.75 Å². The Morgan fingerprint density at radius 3 is 2.76 bits per heavy atom. The number of rotatable bonds is 5. The lowest BCUT2D eigenvalue weighted by molar-refractivity contribution is -0.127. The van der Waals surface area contributed by atoms with E-state index in [-0.39, 0.29) is 11.9 Å². The highest BCUT2D eigenvalue weighted by molar-refractivity contribution is 6.30. The Labute approximate surface area is 129 Å². The predicted molar refractivity (Wildman–Crippen MR) is 82.3 cm³/mol. The number of halogens is 1. The lowest BCUT2D eigenvalue weighted by atomic mass is 10.1. The van der Waals surface area contributed by atoms with E-state index in [0.29, 0.717) is 10.8 Å². The van der Waals surface area contributed by atoms with Crippen molar-refractivity contribution in [1.82, 2.24) is 10.3 Å². The van der Waals surface area contributed by atoms with Gasteiger partial charge in [0.15, 0.2) is 6.10 Å². The Balaban J connectivity index is 1.94. The minimum absolute atomic E-state index is 0.128. The normalized spacial score (nSPS) is 13.3. The third kappa shape index (κ3) is 4.46. The molecule has 0 aliphatic heterocycles. The molecular weight excluding hydrogens is 288 g/mol. The molecular formula is C16H17ClN2O2. The van der Waals surface area contributed by atoms with Crippen LogP contribution in [0.15, 0.2) is 48.8 Å². The number of nitrogens with one attached hydrogen (secondary N) is 1. The molecule has 1 amide bonds. The molecule has 0 spiro atoms. The summed E-state index contributed by atoms with van der Waals surface area (Å²) in [6.07, 6.45) is 2.82. The van der Waals surface area contributed by atoms with Crippen molar-refractivity contribution in [3.8, 4) is 5.75 Å². The van der Waals surface area contributed by atoms with Crippen LogP contribution in [0.4, 0.5) is 0 Å². The van der Waals surface area contributed by atoms with E-state index in [1.54, 1.807) is 43.6 Å². The van der Waals surface area contributed by atoms with Gasteiger partial charge in [-0.3, -0.25) is 9.78 Å². The van der Waals surface area contributed by atoms with E-state index in [4.69, 9.17) is 16.3 Å². The fraction of sp³-hybridized carbons (Fsp3) is 0.250. The number of benzene rings is 1. The van der Waals surface area contributed by atoms with Crippen LogP contribution < -0.4 is 10.1 Å². The standard InChI is InChI=1S/C16H17ClN2O2/c1-11(13-5-4-8-18-10-13)19-16(20)12(2)21-15-7-3-6-14(17)9-15/h3-12H,1-2H3,(H,19,20). The largest absolute Gasteiger partial charge is 0.481 e. The van der Waals surface area contributed by atoms with E-state index in [2.05, 4.69) is 10.3 Å². The van der Waals surface area contributed by atoms with Gasteiger partial charge in [-0.05, 0) is 43.7 Å². The highest BCUT2D eigenvalue weighted by Crippen LogP contribution is 2.18. The first kappa shape index (κ1) is 15.3. The van der Waals surface area contributed by atoms with Crippen LogP contribution in [0.3, 0.4) is 0 Å². The van der Waals surface area contributed by atoms with Crippen LogP contribution in [0.1, 0.15) is 25.5 Å². The van der Waals surface area contributed by atoms with Crippen LogP contribution in [0.25, 0.3) is 0 Å². The summed E-state index contributed by atoms with van der Waals surface area (Å²) in [4.78, 5) is 16.2. The van der Waals surface area contributed by atoms with Crippen molar-refractivity contribution in [2.24, 2.45) is 0 Å². The number of pyridine rings is 1. The Kier molecular flexibility index (Phi) is 5.17. The fourth-order valence-corrected chi connectivity index (χ4v) is 2.02. The van der Waals surface area contributed by atoms with Crippen molar-refractivity contribution in [3.05, 3.63) is 59.4 Å². The summed E-state index contributed by atoms with van der Waals surface area (Å²) in [6, 6.07) is 10.6. The topological polar surface area (TPSA) is 51.2 Å². The van der Waals surface area contributed by atoms with Crippen LogP contribution in [0.5, 0.6) is 5.75 Å². The number of aromatic nitrogens is 1. The number of nitrogens with zero attached hydrogens (tertiary/aromatic N) is 1. The SMILES string of the molecule is CC(Oc1cccc(Cl)c1)C(=O)NC(C)c1cccnc1. The summed E-state index contributed by atoms with van der Waals surface area (Å²) in [7, 11) is 0. The van der Waals surface area contributed by atoms with Gasteiger partial charge in [0.05, 0.1) is 6.04 Å². The molecule has 2 rings (SSSR count). The third-order valence-electron chi connectivity index (χ3n) is 3.02. The summed E-state index contributed by atoms with van der Waals surface area (Å²) in [5, 5.41) is 3.47. The van der Waals surface area contributed by atoms with Gasteiger partial charge in [0.2, 0.25) is 0 Å². The predicted octanol–water partition coefficient (Wildman–Crippen LogP) is 3.38. The average molecular weight is 305 g/mol. The maximum Gasteiger partial charge on any atom is 0.261 e. The molecule has 2 aromatic rings. The molecule has 0 saturated carbocycles. The smallest absolute Gasteiger partial charge is 0.261 e.